The molecule has 0 atom stereocenters. The maximum Gasteiger partial charge on any atom is 0.297 e. The predicted molar refractivity (Wildman–Crippen MR) is 161 cm³/mol. The van der Waals surface area contributed by atoms with Gasteiger partial charge in [0.25, 0.3) is 10.1 Å². The Balaban J connectivity index is 0.000000170. The van der Waals surface area contributed by atoms with Crippen molar-refractivity contribution < 1.29 is 12.6 Å². The van der Waals surface area contributed by atoms with Crippen LogP contribution in [-0.4, -0.2) is 20.4 Å². The van der Waals surface area contributed by atoms with Gasteiger partial charge in [0, 0.05) is 10.9 Å². The molecule has 7 nitrogen and oxygen atoms in total. The second-order valence-electron chi connectivity index (χ2n) is 9.28. The Morgan fingerprint density at radius 2 is 1.23 bits per heavy atom. The van der Waals surface area contributed by atoms with Gasteiger partial charge in [0.05, 0.1) is 17.5 Å². The zero-order valence-corrected chi connectivity index (χ0v) is 23.1. The minimum atomic E-state index is -3.69. The Morgan fingerprint density at radius 1 is 0.675 bits per heavy atom. The van der Waals surface area contributed by atoms with Crippen LogP contribution in [0.4, 0.5) is 11.4 Å². The molecule has 5 aromatic rings. The molecule has 202 valence electrons. The van der Waals surface area contributed by atoms with Crippen LogP contribution in [-0.2, 0) is 14.3 Å². The molecule has 0 aliphatic carbocycles. The van der Waals surface area contributed by atoms with Gasteiger partial charge in [-0.3, -0.25) is 9.61 Å². The Hall–Kier alpha value is -4.66. The first-order valence-corrected chi connectivity index (χ1v) is 14.4. The van der Waals surface area contributed by atoms with Crippen LogP contribution in [0.2, 0.25) is 0 Å². The van der Waals surface area contributed by atoms with Gasteiger partial charge < -0.3 is 0 Å². The average molecular weight is 551 g/mol. The minimum absolute atomic E-state index is 0.226. The third-order valence-electron chi connectivity index (χ3n) is 5.97. The van der Waals surface area contributed by atoms with Crippen LogP contribution in [0.3, 0.4) is 0 Å². The van der Waals surface area contributed by atoms with Gasteiger partial charge in [-0.05, 0) is 49.6 Å². The lowest BCUT2D eigenvalue weighted by Gasteiger charge is -2.27. The molecule has 0 fully saturated rings. The maximum atomic E-state index is 12.0. The van der Waals surface area contributed by atoms with E-state index in [4.69, 9.17) is 9.28 Å². The molecular weight excluding hydrogens is 520 g/mol. The number of rotatable bonds is 6. The predicted octanol–water partition coefficient (Wildman–Crippen LogP) is 6.75. The van der Waals surface area contributed by atoms with Crippen molar-refractivity contribution in [1.29, 1.82) is 0 Å². The number of anilines is 2. The van der Waals surface area contributed by atoms with Gasteiger partial charge in [0.15, 0.2) is 5.84 Å². The fourth-order valence-electron chi connectivity index (χ4n) is 4.22. The summed E-state index contributed by atoms with van der Waals surface area (Å²) in [7, 11) is -3.69. The van der Waals surface area contributed by atoms with Crippen LogP contribution < -0.4 is 15.7 Å². The first-order valence-electron chi connectivity index (χ1n) is 12.9. The Kier molecular flexibility index (Phi) is 8.10. The standard InChI is InChI=1S/C19H16N4.C13H14O3S/c1-4-10-16(11-5-1)19-20-22(17-12-6-2-7-13-17)23(21-19)18-14-8-3-9-15-18;1-10(2)16-17(14,15)13-9-5-7-11-6-3-4-8-12(11)13/h1-15H,(H,20,21);3-10H,1-2H3. The molecule has 0 amide bonds. The smallest absolute Gasteiger partial charge is 0.264 e. The summed E-state index contributed by atoms with van der Waals surface area (Å²) in [5.74, 6) is 0.818. The first kappa shape index (κ1) is 26.9. The summed E-state index contributed by atoms with van der Waals surface area (Å²) in [4.78, 5) is 0.226. The summed E-state index contributed by atoms with van der Waals surface area (Å²) in [5, 5.41) is 10.1. The van der Waals surface area contributed by atoms with Gasteiger partial charge in [-0.2, -0.15) is 18.7 Å². The van der Waals surface area contributed by atoms with E-state index in [1.807, 2.05) is 125 Å². The van der Waals surface area contributed by atoms with Crippen molar-refractivity contribution in [3.05, 3.63) is 139 Å². The number of hydrogen-bond acceptors (Lipinski definition) is 7. The highest BCUT2D eigenvalue weighted by atomic mass is 32.2. The molecule has 0 bridgehead atoms. The number of nitrogens with zero attached hydrogens (tertiary/aromatic N) is 3. The zero-order chi connectivity index (χ0) is 28.0. The Morgan fingerprint density at radius 3 is 1.88 bits per heavy atom. The van der Waals surface area contributed by atoms with E-state index in [9.17, 15) is 8.42 Å². The number of benzene rings is 5. The second kappa shape index (κ2) is 12.0. The fraction of sp³-hybridized carbons (Fsp3) is 0.0938. The van der Waals surface area contributed by atoms with Crippen LogP contribution >= 0.6 is 0 Å². The maximum absolute atomic E-state index is 12.0. The van der Waals surface area contributed by atoms with Crippen molar-refractivity contribution in [2.24, 2.45) is 5.10 Å². The fourth-order valence-corrected chi connectivity index (χ4v) is 5.54. The molecule has 1 N–H and O–H groups in total. The quantitative estimate of drug-likeness (QED) is 0.236. The molecule has 0 saturated carbocycles. The van der Waals surface area contributed by atoms with Crippen LogP contribution in [0.5, 0.6) is 0 Å². The number of para-hydroxylation sites is 2. The lowest BCUT2D eigenvalue weighted by Crippen LogP contribution is -2.44. The third kappa shape index (κ3) is 6.14. The van der Waals surface area contributed by atoms with E-state index < -0.39 is 10.1 Å². The average Bonchev–Trinajstić information content (AvgIpc) is 3.44. The molecule has 1 heterocycles. The van der Waals surface area contributed by atoms with Crippen molar-refractivity contribution in [2.75, 3.05) is 10.2 Å². The van der Waals surface area contributed by atoms with Crippen molar-refractivity contribution in [3.63, 3.8) is 0 Å². The van der Waals surface area contributed by atoms with E-state index in [0.717, 1.165) is 28.2 Å². The molecule has 40 heavy (non-hydrogen) atoms. The largest absolute Gasteiger partial charge is 0.297 e. The van der Waals surface area contributed by atoms with Crippen molar-refractivity contribution in [2.45, 2.75) is 24.8 Å². The Labute approximate surface area is 235 Å². The molecule has 5 aromatic carbocycles. The van der Waals surface area contributed by atoms with E-state index >= 15 is 0 Å². The number of nitrogens with one attached hydrogen (secondary N) is 1. The molecule has 0 spiro atoms. The minimum Gasteiger partial charge on any atom is -0.264 e. The lowest BCUT2D eigenvalue weighted by molar-refractivity contribution is 0.249. The number of fused-ring (bicyclic) bond motifs is 1. The zero-order valence-electron chi connectivity index (χ0n) is 22.3. The third-order valence-corrected chi connectivity index (χ3v) is 7.50. The van der Waals surface area contributed by atoms with Crippen molar-refractivity contribution in [1.82, 2.24) is 5.43 Å². The van der Waals surface area contributed by atoms with Gasteiger partial charge in [-0.1, -0.05) is 103 Å². The van der Waals surface area contributed by atoms with Gasteiger partial charge in [0.1, 0.15) is 4.90 Å². The number of amidine groups is 1. The van der Waals surface area contributed by atoms with Crippen LogP contribution in [0, 0.1) is 0 Å². The van der Waals surface area contributed by atoms with Crippen LogP contribution in [0.25, 0.3) is 10.8 Å². The van der Waals surface area contributed by atoms with E-state index in [0.29, 0.717) is 5.39 Å². The molecular formula is C32H30N4O3S. The Bertz CT molecular complexity index is 1690. The van der Waals surface area contributed by atoms with Crippen LogP contribution in [0.1, 0.15) is 19.4 Å². The SMILES string of the molecule is CC(C)OS(=O)(=O)c1cccc2ccccc12.c1ccc(C2=NN(c3ccccc3)N(c3ccccc3)N2)cc1. The molecule has 0 aromatic heterocycles. The second-order valence-corrected chi connectivity index (χ2v) is 10.8. The summed E-state index contributed by atoms with van der Waals surface area (Å²) in [6.07, 6.45) is -0.362. The van der Waals surface area contributed by atoms with E-state index in [1.165, 1.54) is 0 Å². The highest BCUT2D eigenvalue weighted by molar-refractivity contribution is 7.87. The molecule has 0 saturated heterocycles. The topological polar surface area (TPSA) is 74.2 Å². The lowest BCUT2D eigenvalue weighted by atomic mass is 10.1. The molecule has 1 aliphatic rings. The van der Waals surface area contributed by atoms with E-state index in [2.05, 4.69) is 5.43 Å². The molecule has 1 aliphatic heterocycles. The summed E-state index contributed by atoms with van der Waals surface area (Å²) in [6.45, 7) is 3.39. The molecule has 6 rings (SSSR count). The van der Waals surface area contributed by atoms with Crippen molar-refractivity contribution in [3.8, 4) is 0 Å². The van der Waals surface area contributed by atoms with Crippen LogP contribution in [0.15, 0.2) is 143 Å². The monoisotopic (exact) mass is 550 g/mol. The molecule has 8 heteroatoms. The van der Waals surface area contributed by atoms with Gasteiger partial charge in [0.2, 0.25) is 0 Å². The summed E-state index contributed by atoms with van der Waals surface area (Å²) in [5.41, 5.74) is 6.44. The van der Waals surface area contributed by atoms with E-state index in [-0.39, 0.29) is 11.0 Å². The number of hydrogen-bond donors (Lipinski definition) is 1. The number of hydrazone groups is 1. The summed E-state index contributed by atoms with van der Waals surface area (Å²) < 4.78 is 29.1. The highest BCUT2D eigenvalue weighted by Crippen LogP contribution is 2.26. The molecule has 0 unspecified atom stereocenters. The summed E-state index contributed by atoms with van der Waals surface area (Å²) in [6, 6.07) is 42.9. The summed E-state index contributed by atoms with van der Waals surface area (Å²) >= 11 is 0. The van der Waals surface area contributed by atoms with E-state index in [1.54, 1.807) is 32.0 Å². The van der Waals surface area contributed by atoms with Gasteiger partial charge in [-0.25, -0.2) is 0 Å². The van der Waals surface area contributed by atoms with Gasteiger partial charge >= 0.3 is 0 Å². The highest BCUT2D eigenvalue weighted by Gasteiger charge is 2.26. The molecule has 0 radical (unpaired) electrons. The van der Waals surface area contributed by atoms with Gasteiger partial charge in [-0.15, -0.1) is 5.10 Å². The van der Waals surface area contributed by atoms with Crippen molar-refractivity contribution >= 4 is 38.1 Å². The number of hydrazine groups is 2. The first-order chi connectivity index (χ1) is 19.4. The normalized spacial score (nSPS) is 13.0.